The molecular weight excluding hydrogens is 891 g/mol. The Hall–Kier alpha value is -4.38. The fourth-order valence-corrected chi connectivity index (χ4v) is 12.2. The van der Waals surface area contributed by atoms with Crippen molar-refractivity contribution in [2.24, 2.45) is 5.41 Å². The largest absolute Gasteiger partial charge is 0.426 e. The molecule has 2 saturated heterocycles. The predicted molar refractivity (Wildman–Crippen MR) is 286 cm³/mol. The smallest absolute Gasteiger partial charge is 0.397 e. The van der Waals surface area contributed by atoms with Crippen LogP contribution in [-0.4, -0.2) is 26.4 Å². The van der Waals surface area contributed by atoms with E-state index in [2.05, 4.69) is 243 Å². The minimum Gasteiger partial charge on any atom is -0.426 e. The van der Waals surface area contributed by atoms with Crippen molar-refractivity contribution in [3.8, 4) is 11.5 Å². The van der Waals surface area contributed by atoms with Gasteiger partial charge in [-0.1, -0.05) is 243 Å². The van der Waals surface area contributed by atoms with Crippen LogP contribution in [0.3, 0.4) is 0 Å². The third-order valence-corrected chi connectivity index (χ3v) is 16.8. The van der Waals surface area contributed by atoms with Crippen LogP contribution in [0.4, 0.5) is 0 Å². The Balaban J connectivity index is 1.06. The number of hydrogen-bond donors (Lipinski definition) is 0. The molecule has 2 fully saturated rings. The van der Waals surface area contributed by atoms with Gasteiger partial charge in [0.15, 0.2) is 0 Å². The third-order valence-electron chi connectivity index (χ3n) is 14.8. The van der Waals surface area contributed by atoms with E-state index in [1.54, 1.807) is 0 Å². The summed E-state index contributed by atoms with van der Waals surface area (Å²) < 4.78 is 40.6. The molecule has 0 amide bonds. The van der Waals surface area contributed by atoms with E-state index in [1.807, 2.05) is 0 Å². The highest BCUT2D eigenvalue weighted by molar-refractivity contribution is 7.42. The first kappa shape index (κ1) is 51.0. The van der Waals surface area contributed by atoms with E-state index in [0.29, 0.717) is 26.4 Å². The Morgan fingerprint density at radius 1 is 0.333 bits per heavy atom. The van der Waals surface area contributed by atoms with Crippen molar-refractivity contribution in [2.45, 2.75) is 129 Å². The summed E-state index contributed by atoms with van der Waals surface area (Å²) in [6.45, 7) is 33.4. The lowest BCUT2D eigenvalue weighted by Crippen LogP contribution is -2.45. The van der Waals surface area contributed by atoms with Crippen LogP contribution >= 0.6 is 17.2 Å². The molecule has 6 nitrogen and oxygen atoms in total. The molecule has 0 unspecified atom stereocenters. The lowest BCUT2D eigenvalue weighted by atomic mass is 9.70. The highest BCUT2D eigenvalue weighted by Gasteiger charge is 2.47. The first-order valence-corrected chi connectivity index (χ1v) is 26.7. The molecular formula is C61H74O6P2. The van der Waals surface area contributed by atoms with Gasteiger partial charge in [0.2, 0.25) is 0 Å². The topological polar surface area (TPSA) is 55.4 Å². The van der Waals surface area contributed by atoms with Crippen LogP contribution in [0.5, 0.6) is 11.5 Å². The first-order chi connectivity index (χ1) is 32.4. The van der Waals surface area contributed by atoms with Gasteiger partial charge in [0.1, 0.15) is 11.5 Å². The van der Waals surface area contributed by atoms with E-state index >= 15 is 0 Å². The molecule has 8 rings (SSSR count). The first-order valence-electron chi connectivity index (χ1n) is 24.5. The van der Waals surface area contributed by atoms with Crippen LogP contribution in [0, 0.1) is 5.41 Å². The van der Waals surface area contributed by atoms with Gasteiger partial charge in [-0.15, -0.1) is 0 Å². The Labute approximate surface area is 416 Å². The molecule has 2 aliphatic rings. The average Bonchev–Trinajstić information content (AvgIpc) is 3.33. The van der Waals surface area contributed by atoms with E-state index in [9.17, 15) is 0 Å². The van der Waals surface area contributed by atoms with Gasteiger partial charge in [0.25, 0.3) is 0 Å². The van der Waals surface area contributed by atoms with Crippen molar-refractivity contribution < 1.29 is 27.1 Å². The molecule has 1 spiro atoms. The highest BCUT2D eigenvalue weighted by atomic mass is 31.2. The maximum Gasteiger partial charge on any atom is 0.397 e. The van der Waals surface area contributed by atoms with Gasteiger partial charge in [-0.3, -0.25) is 0 Å². The zero-order valence-electron chi connectivity index (χ0n) is 43.5. The summed E-state index contributed by atoms with van der Waals surface area (Å²) in [5, 5.41) is 0. The van der Waals surface area contributed by atoms with Gasteiger partial charge in [-0.2, -0.15) is 0 Å². The molecule has 0 N–H and O–H groups in total. The summed E-state index contributed by atoms with van der Waals surface area (Å²) >= 11 is 0. The molecule has 0 aromatic heterocycles. The van der Waals surface area contributed by atoms with Crippen LogP contribution in [0.25, 0.3) is 0 Å². The van der Waals surface area contributed by atoms with E-state index in [4.69, 9.17) is 27.1 Å². The molecule has 0 atom stereocenters. The lowest BCUT2D eigenvalue weighted by molar-refractivity contribution is -0.0674. The van der Waals surface area contributed by atoms with Crippen LogP contribution in [0.15, 0.2) is 146 Å². The molecule has 6 aromatic rings. The lowest BCUT2D eigenvalue weighted by Gasteiger charge is -2.42. The second kappa shape index (κ2) is 19.3. The molecule has 2 aliphatic heterocycles. The van der Waals surface area contributed by atoms with Crippen molar-refractivity contribution in [1.29, 1.82) is 0 Å². The maximum absolute atomic E-state index is 7.07. The van der Waals surface area contributed by atoms with Gasteiger partial charge in [-0.25, -0.2) is 0 Å². The summed E-state index contributed by atoms with van der Waals surface area (Å²) in [4.78, 5) is 0. The minimum atomic E-state index is -1.75. The average molecular weight is 965 g/mol. The summed E-state index contributed by atoms with van der Waals surface area (Å²) in [7, 11) is -3.50. The molecule has 8 heteroatoms. The molecule has 2 heterocycles. The van der Waals surface area contributed by atoms with Crippen molar-refractivity contribution in [3.05, 3.63) is 201 Å². The predicted octanol–water partition coefficient (Wildman–Crippen LogP) is 16.6. The van der Waals surface area contributed by atoms with E-state index in [-0.39, 0.29) is 21.7 Å². The molecule has 0 radical (unpaired) electrons. The molecule has 0 saturated carbocycles. The van der Waals surface area contributed by atoms with Crippen molar-refractivity contribution in [1.82, 2.24) is 0 Å². The van der Waals surface area contributed by atoms with Gasteiger partial charge >= 0.3 is 17.2 Å². The molecule has 364 valence electrons. The van der Waals surface area contributed by atoms with E-state index in [1.165, 1.54) is 33.4 Å². The fourth-order valence-electron chi connectivity index (χ4n) is 9.62. The quantitative estimate of drug-likeness (QED) is 0.114. The zero-order chi connectivity index (χ0) is 49.6. The summed E-state index contributed by atoms with van der Waals surface area (Å²) in [6, 6.07) is 52.3. The Morgan fingerprint density at radius 3 is 0.841 bits per heavy atom. The highest BCUT2D eigenvalue weighted by Crippen LogP contribution is 2.58. The van der Waals surface area contributed by atoms with Gasteiger partial charge < -0.3 is 27.1 Å². The second-order valence-corrected chi connectivity index (χ2v) is 25.8. The van der Waals surface area contributed by atoms with Crippen LogP contribution in [0.2, 0.25) is 0 Å². The van der Waals surface area contributed by atoms with E-state index < -0.39 is 33.4 Å². The molecule has 0 bridgehead atoms. The SMILES string of the molecule is CC(C)(C)c1cc(C(C)(C)c2ccccc2)cc(C(C)(C)c2ccccc2)c1OP1OCC2(CO1)COP(Oc1c(C(C)(C)C)cc(C(C)(C)c3ccccc3)cc1C(C)(C)c1ccccc1)OC2. The van der Waals surface area contributed by atoms with Crippen LogP contribution in [-0.2, 0) is 50.6 Å². The fraction of sp³-hybridized carbons (Fsp3) is 0.410. The number of rotatable bonds is 12. The van der Waals surface area contributed by atoms with Gasteiger partial charge in [-0.05, 0) is 44.2 Å². The zero-order valence-corrected chi connectivity index (χ0v) is 45.3. The van der Waals surface area contributed by atoms with Crippen molar-refractivity contribution >= 4 is 17.2 Å². The van der Waals surface area contributed by atoms with Crippen LogP contribution in [0.1, 0.15) is 153 Å². The Morgan fingerprint density at radius 2 is 0.580 bits per heavy atom. The normalized spacial score (nSPS) is 19.6. The van der Waals surface area contributed by atoms with Crippen LogP contribution < -0.4 is 9.05 Å². The third kappa shape index (κ3) is 10.5. The molecule has 69 heavy (non-hydrogen) atoms. The second-order valence-electron chi connectivity index (χ2n) is 23.5. The van der Waals surface area contributed by atoms with E-state index in [0.717, 1.165) is 33.8 Å². The van der Waals surface area contributed by atoms with Gasteiger partial charge in [0, 0.05) is 43.9 Å². The minimum absolute atomic E-state index is 0.254. The molecule has 0 aliphatic carbocycles. The number of hydrogen-bond acceptors (Lipinski definition) is 6. The number of benzene rings is 6. The summed E-state index contributed by atoms with van der Waals surface area (Å²) in [6.07, 6.45) is 0. The maximum atomic E-state index is 7.07. The summed E-state index contributed by atoms with van der Waals surface area (Å²) in [5.74, 6) is 1.64. The standard InChI is InChI=1S/C61H74O6P2/c1-55(2,3)49-35-47(57(7,8)43-27-19-15-20-28-43)37-51(59(11,12)45-31-23-17-24-32-45)53(49)66-68-62-39-61(40-63-68)41-64-69(65-42-61)67-54-50(56(4,5)6)36-48(58(9,10)44-29-21-16-22-30-44)38-52(54)60(13,14)46-33-25-18-26-34-46/h15-38H,39-42H2,1-14H3. The molecule has 6 aromatic carbocycles. The summed E-state index contributed by atoms with van der Waals surface area (Å²) in [5.41, 5.74) is 9.44. The van der Waals surface area contributed by atoms with Crippen molar-refractivity contribution in [2.75, 3.05) is 26.4 Å². The monoisotopic (exact) mass is 964 g/mol. The Kier molecular flexibility index (Phi) is 14.3. The van der Waals surface area contributed by atoms with Gasteiger partial charge in [0.05, 0.1) is 31.8 Å². The van der Waals surface area contributed by atoms with Crippen molar-refractivity contribution in [3.63, 3.8) is 0 Å². The Bertz CT molecular complexity index is 2490.